The molecule has 0 unspecified atom stereocenters. The van der Waals surface area contributed by atoms with Crippen LogP contribution in [0.5, 0.6) is 5.75 Å². The summed E-state index contributed by atoms with van der Waals surface area (Å²) < 4.78 is 11.2. The van der Waals surface area contributed by atoms with E-state index in [0.717, 1.165) is 11.1 Å². The van der Waals surface area contributed by atoms with Gasteiger partial charge < -0.3 is 14.5 Å². The minimum absolute atomic E-state index is 0.0335. The molecule has 0 bridgehead atoms. The number of nitrogens with one attached hydrogen (secondary N) is 1. The summed E-state index contributed by atoms with van der Waals surface area (Å²) >= 11 is 0. The largest absolute Gasteiger partial charge is 0.492 e. The highest BCUT2D eigenvalue weighted by molar-refractivity contribution is 6.03. The summed E-state index contributed by atoms with van der Waals surface area (Å²) in [5.41, 5.74) is 2.50. The lowest BCUT2D eigenvalue weighted by Crippen LogP contribution is -2.16. The molecule has 0 saturated carbocycles. The van der Waals surface area contributed by atoms with Gasteiger partial charge in [-0.05, 0) is 50.1 Å². The van der Waals surface area contributed by atoms with E-state index in [1.807, 2.05) is 32.9 Å². The van der Waals surface area contributed by atoms with Gasteiger partial charge in [0.25, 0.3) is 5.91 Å². The molecule has 128 valence electrons. The lowest BCUT2D eigenvalue weighted by molar-refractivity contribution is 0.0996. The van der Waals surface area contributed by atoms with Crippen LogP contribution in [0.1, 0.15) is 28.6 Å². The fraction of sp³-hybridized carbons (Fsp3) is 0.200. The maximum atomic E-state index is 12.5. The molecule has 1 aromatic heterocycles. The van der Waals surface area contributed by atoms with Crippen LogP contribution in [-0.4, -0.2) is 12.5 Å². The van der Waals surface area contributed by atoms with Crippen LogP contribution in [0.25, 0.3) is 11.0 Å². The molecule has 25 heavy (non-hydrogen) atoms. The molecule has 1 N–H and O–H groups in total. The van der Waals surface area contributed by atoms with Crippen LogP contribution in [0.4, 0.5) is 5.69 Å². The first-order valence-electron chi connectivity index (χ1n) is 8.08. The lowest BCUT2D eigenvalue weighted by atomic mass is 10.1. The summed E-state index contributed by atoms with van der Waals surface area (Å²) in [7, 11) is 0. The first-order valence-corrected chi connectivity index (χ1v) is 8.08. The van der Waals surface area contributed by atoms with Crippen molar-refractivity contribution in [2.24, 2.45) is 0 Å². The predicted molar refractivity (Wildman–Crippen MR) is 97.5 cm³/mol. The van der Waals surface area contributed by atoms with Crippen molar-refractivity contribution in [2.45, 2.75) is 20.8 Å². The Morgan fingerprint density at radius 1 is 1.16 bits per heavy atom. The number of fused-ring (bicyclic) bond motifs is 1. The number of benzene rings is 2. The molecule has 0 spiro atoms. The van der Waals surface area contributed by atoms with Gasteiger partial charge in [0.1, 0.15) is 11.3 Å². The van der Waals surface area contributed by atoms with E-state index in [1.54, 1.807) is 24.3 Å². The van der Waals surface area contributed by atoms with Crippen molar-refractivity contribution in [3.8, 4) is 5.75 Å². The number of rotatable bonds is 4. The Labute approximate surface area is 145 Å². The van der Waals surface area contributed by atoms with Gasteiger partial charge in [0.2, 0.25) is 0 Å². The summed E-state index contributed by atoms with van der Waals surface area (Å²) in [6.45, 7) is 6.12. The van der Waals surface area contributed by atoms with Crippen molar-refractivity contribution in [2.75, 3.05) is 11.9 Å². The molecule has 5 heteroatoms. The molecule has 0 aliphatic carbocycles. The maximum absolute atomic E-state index is 12.5. The summed E-state index contributed by atoms with van der Waals surface area (Å²) in [4.78, 5) is 24.9. The van der Waals surface area contributed by atoms with Crippen molar-refractivity contribution in [3.63, 3.8) is 0 Å². The molecule has 0 radical (unpaired) electrons. The Morgan fingerprint density at radius 3 is 2.68 bits per heavy atom. The lowest BCUT2D eigenvalue weighted by Gasteiger charge is -2.11. The Balaban J connectivity index is 2.00. The number of aryl methyl sites for hydroxylation is 2. The quantitative estimate of drug-likeness (QED) is 0.779. The number of carbonyl (C=O) groups is 1. The van der Waals surface area contributed by atoms with Gasteiger partial charge in [-0.25, -0.2) is 0 Å². The Morgan fingerprint density at radius 2 is 1.92 bits per heavy atom. The molecule has 0 atom stereocenters. The summed E-state index contributed by atoms with van der Waals surface area (Å²) in [6, 6.07) is 12.0. The fourth-order valence-electron chi connectivity index (χ4n) is 2.81. The standard InChI is InChI=1S/C20H19NO4/c1-4-24-16-8-6-5-7-14(16)21-20(23)18-11-15(22)19-13(3)9-12(2)10-17(19)25-18/h5-11H,4H2,1-3H3,(H,21,23). The molecular weight excluding hydrogens is 318 g/mol. The Kier molecular flexibility index (Phi) is 4.57. The molecule has 0 aliphatic rings. The van der Waals surface area contributed by atoms with Crippen LogP contribution >= 0.6 is 0 Å². The highest BCUT2D eigenvalue weighted by Crippen LogP contribution is 2.25. The summed E-state index contributed by atoms with van der Waals surface area (Å²) in [5.74, 6) is 0.0345. The van der Waals surface area contributed by atoms with E-state index in [1.165, 1.54) is 6.07 Å². The number of hydrogen-bond acceptors (Lipinski definition) is 4. The second-order valence-electron chi connectivity index (χ2n) is 5.81. The summed E-state index contributed by atoms with van der Waals surface area (Å²) in [5, 5.41) is 3.23. The number of hydrogen-bond donors (Lipinski definition) is 1. The SMILES string of the molecule is CCOc1ccccc1NC(=O)c1cc(=O)c2c(C)cc(C)cc2o1. The minimum Gasteiger partial charge on any atom is -0.492 e. The minimum atomic E-state index is -0.495. The van der Waals surface area contributed by atoms with Gasteiger partial charge in [-0.15, -0.1) is 0 Å². The first-order chi connectivity index (χ1) is 12.0. The van der Waals surface area contributed by atoms with Crippen LogP contribution in [0, 0.1) is 13.8 Å². The van der Waals surface area contributed by atoms with Gasteiger partial charge in [-0.2, -0.15) is 0 Å². The van der Waals surface area contributed by atoms with Crippen LogP contribution in [0.3, 0.4) is 0 Å². The van der Waals surface area contributed by atoms with Crippen LogP contribution in [0.15, 0.2) is 51.7 Å². The molecule has 1 heterocycles. The fourth-order valence-corrected chi connectivity index (χ4v) is 2.81. The molecule has 3 aromatic rings. The molecule has 3 rings (SSSR count). The molecule has 0 fully saturated rings. The first kappa shape index (κ1) is 16.8. The second kappa shape index (κ2) is 6.81. The highest BCUT2D eigenvalue weighted by Gasteiger charge is 2.15. The second-order valence-corrected chi connectivity index (χ2v) is 5.81. The zero-order valence-corrected chi connectivity index (χ0v) is 14.4. The van der Waals surface area contributed by atoms with E-state index in [9.17, 15) is 9.59 Å². The van der Waals surface area contributed by atoms with E-state index >= 15 is 0 Å². The van der Waals surface area contributed by atoms with Gasteiger partial charge in [-0.1, -0.05) is 18.2 Å². The van der Waals surface area contributed by atoms with Crippen LogP contribution < -0.4 is 15.5 Å². The molecule has 0 aliphatic heterocycles. The van der Waals surface area contributed by atoms with Crippen molar-refractivity contribution in [3.05, 3.63) is 69.6 Å². The van der Waals surface area contributed by atoms with Crippen LogP contribution in [0.2, 0.25) is 0 Å². The number of anilines is 1. The molecule has 1 amide bonds. The Bertz CT molecular complexity index is 1000. The van der Waals surface area contributed by atoms with Gasteiger partial charge in [0, 0.05) is 6.07 Å². The van der Waals surface area contributed by atoms with E-state index in [-0.39, 0.29) is 11.2 Å². The van der Waals surface area contributed by atoms with E-state index in [0.29, 0.717) is 29.0 Å². The van der Waals surface area contributed by atoms with Gasteiger partial charge in [0.05, 0.1) is 17.7 Å². The van der Waals surface area contributed by atoms with E-state index in [2.05, 4.69) is 5.32 Å². The molecule has 5 nitrogen and oxygen atoms in total. The number of para-hydroxylation sites is 2. The molecule has 0 saturated heterocycles. The van der Waals surface area contributed by atoms with Crippen molar-refractivity contribution >= 4 is 22.6 Å². The third kappa shape index (κ3) is 3.40. The van der Waals surface area contributed by atoms with Gasteiger partial charge in [0.15, 0.2) is 11.2 Å². The van der Waals surface area contributed by atoms with Crippen molar-refractivity contribution in [1.29, 1.82) is 0 Å². The van der Waals surface area contributed by atoms with E-state index in [4.69, 9.17) is 9.15 Å². The number of amides is 1. The average Bonchev–Trinajstić information content (AvgIpc) is 2.55. The molecular formula is C20H19NO4. The third-order valence-corrected chi connectivity index (χ3v) is 3.83. The normalized spacial score (nSPS) is 10.7. The van der Waals surface area contributed by atoms with Crippen molar-refractivity contribution < 1.29 is 13.9 Å². The van der Waals surface area contributed by atoms with Gasteiger partial charge in [-0.3, -0.25) is 9.59 Å². The molecule has 2 aromatic carbocycles. The number of ether oxygens (including phenoxy) is 1. The summed E-state index contributed by atoms with van der Waals surface area (Å²) in [6.07, 6.45) is 0. The zero-order chi connectivity index (χ0) is 18.0. The maximum Gasteiger partial charge on any atom is 0.291 e. The third-order valence-electron chi connectivity index (χ3n) is 3.83. The predicted octanol–water partition coefficient (Wildman–Crippen LogP) is 4.06. The average molecular weight is 337 g/mol. The topological polar surface area (TPSA) is 68.5 Å². The number of carbonyl (C=O) groups excluding carboxylic acids is 1. The zero-order valence-electron chi connectivity index (χ0n) is 14.4. The van der Waals surface area contributed by atoms with Crippen LogP contribution in [-0.2, 0) is 0 Å². The monoisotopic (exact) mass is 337 g/mol. The van der Waals surface area contributed by atoms with Crippen molar-refractivity contribution in [1.82, 2.24) is 0 Å². The highest BCUT2D eigenvalue weighted by atomic mass is 16.5. The smallest absolute Gasteiger partial charge is 0.291 e. The van der Waals surface area contributed by atoms with E-state index < -0.39 is 5.91 Å². The van der Waals surface area contributed by atoms with Gasteiger partial charge >= 0.3 is 0 Å². The Hall–Kier alpha value is -3.08.